The second-order valence-corrected chi connectivity index (χ2v) is 10.5. The highest BCUT2D eigenvalue weighted by Gasteiger charge is 2.25. The van der Waals surface area contributed by atoms with Gasteiger partial charge in [-0.3, -0.25) is 4.79 Å². The average Bonchev–Trinajstić information content (AvgIpc) is 3.45. The van der Waals surface area contributed by atoms with Gasteiger partial charge >= 0.3 is 0 Å². The number of rotatable bonds is 8. The maximum Gasteiger partial charge on any atom is 0.273 e. The summed E-state index contributed by atoms with van der Waals surface area (Å²) in [6.07, 6.45) is 8.28. The summed E-state index contributed by atoms with van der Waals surface area (Å²) >= 11 is 1.41. The van der Waals surface area contributed by atoms with E-state index in [0.717, 1.165) is 69.4 Å². The topological polar surface area (TPSA) is 71.8 Å². The van der Waals surface area contributed by atoms with Crippen LogP contribution < -0.4 is 10.1 Å². The molecule has 3 aromatic rings. The molecule has 1 amide bonds. The zero-order chi connectivity index (χ0) is 24.2. The summed E-state index contributed by atoms with van der Waals surface area (Å²) in [4.78, 5) is 20.9. The standard InChI is InChI=1S/C25H31F2N5O2S/c26-23(27)16-34-25-30-20-9-14-31(15-10-22(20)35-25)13-8-17-3-5-18(6-4-17)29-24(33)19-2-1-12-32-21(19)7-11-28-32/h1-2,7,11-12,17-18,23H,3-6,8-10,13-16H2,(H,29,33). The maximum atomic E-state index is 12.8. The van der Waals surface area contributed by atoms with Crippen molar-refractivity contribution in [2.75, 3.05) is 26.2 Å². The molecule has 0 unspecified atom stereocenters. The molecule has 4 heterocycles. The Balaban J connectivity index is 1.04. The smallest absolute Gasteiger partial charge is 0.273 e. The molecule has 0 spiro atoms. The monoisotopic (exact) mass is 503 g/mol. The molecular formula is C25H31F2N5O2S. The van der Waals surface area contributed by atoms with Gasteiger partial charge in [0.25, 0.3) is 17.5 Å². The fraction of sp³-hybridized carbons (Fsp3) is 0.560. The molecule has 0 bridgehead atoms. The van der Waals surface area contributed by atoms with Gasteiger partial charge in [-0.2, -0.15) is 5.10 Å². The first-order chi connectivity index (χ1) is 17.0. The van der Waals surface area contributed by atoms with Crippen LogP contribution in [0.15, 0.2) is 30.6 Å². The van der Waals surface area contributed by atoms with Crippen LogP contribution in [0.1, 0.15) is 53.0 Å². The van der Waals surface area contributed by atoms with Crippen LogP contribution in [0.3, 0.4) is 0 Å². The zero-order valence-corrected chi connectivity index (χ0v) is 20.5. The van der Waals surface area contributed by atoms with Gasteiger partial charge in [0.05, 0.1) is 23.0 Å². The second-order valence-electron chi connectivity index (χ2n) is 9.46. The van der Waals surface area contributed by atoms with E-state index in [0.29, 0.717) is 16.7 Å². The van der Waals surface area contributed by atoms with Gasteiger partial charge in [0, 0.05) is 36.6 Å². The first kappa shape index (κ1) is 24.1. The molecule has 5 rings (SSSR count). The highest BCUT2D eigenvalue weighted by atomic mass is 32.1. The molecule has 1 aliphatic heterocycles. The fourth-order valence-electron chi connectivity index (χ4n) is 5.17. The van der Waals surface area contributed by atoms with E-state index in [-0.39, 0.29) is 11.9 Å². The third-order valence-corrected chi connectivity index (χ3v) is 8.20. The van der Waals surface area contributed by atoms with Crippen LogP contribution in [0.25, 0.3) is 5.52 Å². The molecule has 0 aromatic carbocycles. The van der Waals surface area contributed by atoms with E-state index in [2.05, 4.69) is 20.3 Å². The van der Waals surface area contributed by atoms with Gasteiger partial charge in [-0.15, -0.1) is 0 Å². The summed E-state index contributed by atoms with van der Waals surface area (Å²) < 4.78 is 31.6. The molecule has 0 atom stereocenters. The molecule has 10 heteroatoms. The molecule has 0 radical (unpaired) electrons. The highest BCUT2D eigenvalue weighted by Crippen LogP contribution is 2.30. The number of aromatic nitrogens is 3. The second kappa shape index (κ2) is 11.0. The predicted octanol–water partition coefficient (Wildman–Crippen LogP) is 4.21. The number of carbonyl (C=O) groups excluding carboxylic acids is 1. The number of fused-ring (bicyclic) bond motifs is 2. The van der Waals surface area contributed by atoms with E-state index < -0.39 is 13.0 Å². The Labute approximate surface area is 207 Å². The lowest BCUT2D eigenvalue weighted by molar-refractivity contribution is 0.0816. The van der Waals surface area contributed by atoms with Gasteiger partial charge < -0.3 is 15.0 Å². The van der Waals surface area contributed by atoms with Gasteiger partial charge in [-0.05, 0) is 69.2 Å². The van der Waals surface area contributed by atoms with E-state index in [4.69, 9.17) is 4.74 Å². The molecule has 188 valence electrons. The molecule has 0 saturated heterocycles. The molecular weight excluding hydrogens is 472 g/mol. The lowest BCUT2D eigenvalue weighted by atomic mass is 9.84. The Kier molecular flexibility index (Phi) is 7.57. The number of amides is 1. The third-order valence-electron chi connectivity index (χ3n) is 7.13. The van der Waals surface area contributed by atoms with Gasteiger partial charge in [0.1, 0.15) is 0 Å². The number of hydrogen-bond donors (Lipinski definition) is 1. The highest BCUT2D eigenvalue weighted by molar-refractivity contribution is 7.13. The van der Waals surface area contributed by atoms with Crippen molar-refractivity contribution in [2.24, 2.45) is 5.92 Å². The first-order valence-corrected chi connectivity index (χ1v) is 13.2. The lowest BCUT2D eigenvalue weighted by Gasteiger charge is -2.30. The summed E-state index contributed by atoms with van der Waals surface area (Å²) in [7, 11) is 0. The Hall–Kier alpha value is -2.59. The van der Waals surface area contributed by atoms with Crippen molar-refractivity contribution < 1.29 is 18.3 Å². The number of nitrogens with one attached hydrogen (secondary N) is 1. The number of nitrogens with zero attached hydrogens (tertiary/aromatic N) is 4. The SMILES string of the molecule is O=C(NC1CCC(CCN2CCc3nc(OCC(F)F)sc3CC2)CC1)c1cccn2nccc12. The molecule has 35 heavy (non-hydrogen) atoms. The van der Waals surface area contributed by atoms with Crippen molar-refractivity contribution >= 4 is 22.8 Å². The summed E-state index contributed by atoms with van der Waals surface area (Å²) in [5.41, 5.74) is 2.51. The normalized spacial score (nSPS) is 21.1. The van der Waals surface area contributed by atoms with Crippen molar-refractivity contribution in [1.82, 2.24) is 24.8 Å². The molecule has 1 fully saturated rings. The maximum absolute atomic E-state index is 12.8. The van der Waals surface area contributed by atoms with Crippen LogP contribution in [0, 0.1) is 5.92 Å². The van der Waals surface area contributed by atoms with E-state index in [1.54, 1.807) is 10.7 Å². The Morgan fingerprint density at radius 2 is 2.03 bits per heavy atom. The predicted molar refractivity (Wildman–Crippen MR) is 130 cm³/mol. The van der Waals surface area contributed by atoms with Gasteiger partial charge in [0.15, 0.2) is 6.61 Å². The number of carbonyl (C=O) groups is 1. The van der Waals surface area contributed by atoms with Crippen LogP contribution in [0.2, 0.25) is 0 Å². The molecule has 1 N–H and O–H groups in total. The van der Waals surface area contributed by atoms with Gasteiger partial charge in [0.2, 0.25) is 0 Å². The van der Waals surface area contributed by atoms with E-state index >= 15 is 0 Å². The quantitative estimate of drug-likeness (QED) is 0.499. The van der Waals surface area contributed by atoms with Crippen LogP contribution in [-0.4, -0.2) is 64.1 Å². The largest absolute Gasteiger partial charge is 0.464 e. The summed E-state index contributed by atoms with van der Waals surface area (Å²) in [5.74, 6) is 0.666. The zero-order valence-electron chi connectivity index (χ0n) is 19.7. The first-order valence-electron chi connectivity index (χ1n) is 12.4. The third kappa shape index (κ3) is 5.98. The van der Waals surface area contributed by atoms with Crippen molar-refractivity contribution in [3.8, 4) is 5.19 Å². The van der Waals surface area contributed by atoms with Crippen molar-refractivity contribution in [1.29, 1.82) is 0 Å². The fourth-order valence-corrected chi connectivity index (χ4v) is 6.13. The van der Waals surface area contributed by atoms with Crippen LogP contribution in [0.5, 0.6) is 5.19 Å². The van der Waals surface area contributed by atoms with Crippen molar-refractivity contribution in [3.63, 3.8) is 0 Å². The molecule has 2 aliphatic rings. The molecule has 3 aromatic heterocycles. The molecule has 7 nitrogen and oxygen atoms in total. The summed E-state index contributed by atoms with van der Waals surface area (Å²) in [6, 6.07) is 5.79. The van der Waals surface area contributed by atoms with Crippen LogP contribution >= 0.6 is 11.3 Å². The van der Waals surface area contributed by atoms with Crippen molar-refractivity contribution in [3.05, 3.63) is 46.7 Å². The number of thiazole rings is 1. The average molecular weight is 504 g/mol. The number of pyridine rings is 1. The van der Waals surface area contributed by atoms with E-state index in [1.165, 1.54) is 22.6 Å². The number of halogens is 2. The van der Waals surface area contributed by atoms with Gasteiger partial charge in [-0.25, -0.2) is 18.3 Å². The lowest BCUT2D eigenvalue weighted by Crippen LogP contribution is -2.38. The number of hydrogen-bond acceptors (Lipinski definition) is 6. The summed E-state index contributed by atoms with van der Waals surface area (Å²) in [5, 5.41) is 7.81. The Morgan fingerprint density at radius 3 is 2.86 bits per heavy atom. The minimum Gasteiger partial charge on any atom is -0.464 e. The van der Waals surface area contributed by atoms with Crippen molar-refractivity contribution in [2.45, 2.75) is 57.4 Å². The summed E-state index contributed by atoms with van der Waals surface area (Å²) in [6.45, 7) is 2.38. The Morgan fingerprint density at radius 1 is 1.20 bits per heavy atom. The van der Waals surface area contributed by atoms with Crippen LogP contribution in [0.4, 0.5) is 8.78 Å². The minimum absolute atomic E-state index is 0.0204. The number of ether oxygens (including phenoxy) is 1. The van der Waals surface area contributed by atoms with E-state index in [1.807, 2.05) is 24.4 Å². The minimum atomic E-state index is -2.47. The van der Waals surface area contributed by atoms with E-state index in [9.17, 15) is 13.6 Å². The molecule has 1 aliphatic carbocycles. The van der Waals surface area contributed by atoms with Crippen LogP contribution in [-0.2, 0) is 12.8 Å². The Bertz CT molecular complexity index is 1120. The number of alkyl halides is 2. The molecule has 1 saturated carbocycles. The van der Waals surface area contributed by atoms with Gasteiger partial charge in [-0.1, -0.05) is 11.3 Å².